The van der Waals surface area contributed by atoms with Crippen molar-refractivity contribution >= 4 is 0 Å². The van der Waals surface area contributed by atoms with Gasteiger partial charge in [-0.15, -0.1) is 0 Å². The average molecular weight is 269 g/mol. The molecule has 20 heavy (non-hydrogen) atoms. The topological polar surface area (TPSA) is 43.8 Å². The van der Waals surface area contributed by atoms with E-state index in [1.807, 2.05) is 12.4 Å². The zero-order valence-corrected chi connectivity index (χ0v) is 12.2. The molecule has 0 saturated carbocycles. The van der Waals surface area contributed by atoms with E-state index in [0.29, 0.717) is 0 Å². The summed E-state index contributed by atoms with van der Waals surface area (Å²) < 4.78 is 2.20. The van der Waals surface area contributed by atoms with Crippen molar-refractivity contribution in [1.29, 1.82) is 0 Å². The van der Waals surface area contributed by atoms with Gasteiger partial charge in [-0.3, -0.25) is 0 Å². The predicted molar refractivity (Wildman–Crippen MR) is 81.5 cm³/mol. The summed E-state index contributed by atoms with van der Waals surface area (Å²) >= 11 is 0. The molecule has 3 nitrogen and oxygen atoms in total. The summed E-state index contributed by atoms with van der Waals surface area (Å²) in [6, 6.07) is 8.67. The van der Waals surface area contributed by atoms with Crippen molar-refractivity contribution in [3.8, 4) is 0 Å². The molecule has 0 fully saturated rings. The van der Waals surface area contributed by atoms with Gasteiger partial charge in [-0.1, -0.05) is 30.7 Å². The minimum atomic E-state index is -0.272. The van der Waals surface area contributed by atoms with E-state index in [2.05, 4.69) is 40.7 Å². The number of benzene rings is 1. The van der Waals surface area contributed by atoms with Crippen LogP contribution in [0, 0.1) is 0 Å². The van der Waals surface area contributed by atoms with Crippen LogP contribution in [0.25, 0.3) is 0 Å². The highest BCUT2D eigenvalue weighted by atomic mass is 15.1. The van der Waals surface area contributed by atoms with Gasteiger partial charge < -0.3 is 10.3 Å². The normalized spacial score (nSPS) is 22.3. The second-order valence-electron chi connectivity index (χ2n) is 5.83. The van der Waals surface area contributed by atoms with Crippen LogP contribution in [0.1, 0.15) is 43.1 Å². The summed E-state index contributed by atoms with van der Waals surface area (Å²) in [5, 5.41) is 0. The van der Waals surface area contributed by atoms with E-state index in [0.717, 1.165) is 31.6 Å². The zero-order chi connectivity index (χ0) is 14.0. The van der Waals surface area contributed by atoms with Crippen LogP contribution < -0.4 is 5.73 Å². The highest BCUT2D eigenvalue weighted by Crippen LogP contribution is 2.34. The quantitative estimate of drug-likeness (QED) is 0.870. The second kappa shape index (κ2) is 5.41. The third-order valence-corrected chi connectivity index (χ3v) is 4.49. The molecule has 0 bridgehead atoms. The summed E-state index contributed by atoms with van der Waals surface area (Å²) in [6.07, 6.45) is 9.37. The number of nitrogens with two attached hydrogens (primary N) is 1. The smallest absolute Gasteiger partial charge is 0.110 e. The number of hydrogen-bond donors (Lipinski definition) is 1. The van der Waals surface area contributed by atoms with Gasteiger partial charge in [0, 0.05) is 30.9 Å². The van der Waals surface area contributed by atoms with Gasteiger partial charge in [0.2, 0.25) is 0 Å². The summed E-state index contributed by atoms with van der Waals surface area (Å²) in [6.45, 7) is 3.10. The SMILES string of the molecule is CCn1ccnc1CC1(N)CCCCc2ccccc21. The first kappa shape index (κ1) is 13.4. The molecule has 0 amide bonds. The van der Waals surface area contributed by atoms with Gasteiger partial charge >= 0.3 is 0 Å². The Hall–Kier alpha value is -1.61. The summed E-state index contributed by atoms with van der Waals surface area (Å²) in [5.41, 5.74) is 9.30. The Morgan fingerprint density at radius 2 is 2.15 bits per heavy atom. The van der Waals surface area contributed by atoms with Crippen LogP contribution >= 0.6 is 0 Å². The molecule has 1 atom stereocenters. The van der Waals surface area contributed by atoms with E-state index in [-0.39, 0.29) is 5.54 Å². The molecule has 1 aliphatic carbocycles. The molecule has 0 spiro atoms. The van der Waals surface area contributed by atoms with Crippen molar-refractivity contribution in [2.45, 2.75) is 51.1 Å². The minimum Gasteiger partial charge on any atom is -0.335 e. The fourth-order valence-corrected chi connectivity index (χ4v) is 3.38. The number of hydrogen-bond acceptors (Lipinski definition) is 2. The maximum absolute atomic E-state index is 6.83. The van der Waals surface area contributed by atoms with Crippen molar-refractivity contribution in [3.05, 3.63) is 53.6 Å². The lowest BCUT2D eigenvalue weighted by Crippen LogP contribution is -2.40. The molecule has 2 N–H and O–H groups in total. The molecule has 3 rings (SSSR count). The van der Waals surface area contributed by atoms with Crippen LogP contribution in [-0.2, 0) is 24.9 Å². The molecule has 1 unspecified atom stereocenters. The summed E-state index contributed by atoms with van der Waals surface area (Å²) in [5.74, 6) is 1.10. The fourth-order valence-electron chi connectivity index (χ4n) is 3.38. The molecule has 0 radical (unpaired) electrons. The Balaban J connectivity index is 1.98. The lowest BCUT2D eigenvalue weighted by molar-refractivity contribution is 0.384. The van der Waals surface area contributed by atoms with Gasteiger partial charge in [0.15, 0.2) is 0 Å². The molecular formula is C17H23N3. The van der Waals surface area contributed by atoms with Gasteiger partial charge in [-0.05, 0) is 37.3 Å². The van der Waals surface area contributed by atoms with E-state index in [4.69, 9.17) is 5.73 Å². The molecule has 2 aromatic rings. The molecule has 106 valence electrons. The van der Waals surface area contributed by atoms with Crippen LogP contribution in [0.5, 0.6) is 0 Å². The van der Waals surface area contributed by atoms with Crippen LogP contribution in [0.3, 0.4) is 0 Å². The second-order valence-corrected chi connectivity index (χ2v) is 5.83. The highest BCUT2D eigenvalue weighted by molar-refractivity contribution is 5.35. The van der Waals surface area contributed by atoms with E-state index in [1.165, 1.54) is 24.0 Å². The monoisotopic (exact) mass is 269 g/mol. The average Bonchev–Trinajstić information content (AvgIpc) is 2.83. The van der Waals surface area contributed by atoms with E-state index in [9.17, 15) is 0 Å². The first-order chi connectivity index (χ1) is 9.73. The third-order valence-electron chi connectivity index (χ3n) is 4.49. The molecule has 1 aliphatic rings. The number of aromatic nitrogens is 2. The predicted octanol–water partition coefficient (Wildman–Crippen LogP) is 3.03. The van der Waals surface area contributed by atoms with Crippen molar-refractivity contribution in [2.75, 3.05) is 0 Å². The number of rotatable bonds is 3. The standard InChI is InChI=1S/C17H23N3/c1-2-20-12-11-19-16(20)13-17(18)10-6-5-8-14-7-3-4-9-15(14)17/h3-4,7,9,11-12H,2,5-6,8,10,13,18H2,1H3. The molecule has 1 aromatic carbocycles. The van der Waals surface area contributed by atoms with Crippen molar-refractivity contribution in [3.63, 3.8) is 0 Å². The van der Waals surface area contributed by atoms with E-state index >= 15 is 0 Å². The largest absolute Gasteiger partial charge is 0.335 e. The third kappa shape index (κ3) is 2.38. The van der Waals surface area contributed by atoms with Crippen LogP contribution in [0.4, 0.5) is 0 Å². The maximum atomic E-state index is 6.83. The first-order valence-electron chi connectivity index (χ1n) is 7.60. The highest BCUT2D eigenvalue weighted by Gasteiger charge is 2.32. The maximum Gasteiger partial charge on any atom is 0.110 e. The summed E-state index contributed by atoms with van der Waals surface area (Å²) in [4.78, 5) is 4.51. The van der Waals surface area contributed by atoms with Gasteiger partial charge in [-0.25, -0.2) is 4.98 Å². The lowest BCUT2D eigenvalue weighted by atomic mass is 9.82. The molecular weight excluding hydrogens is 246 g/mol. The van der Waals surface area contributed by atoms with Gasteiger partial charge in [0.25, 0.3) is 0 Å². The van der Waals surface area contributed by atoms with Crippen LogP contribution in [-0.4, -0.2) is 9.55 Å². The van der Waals surface area contributed by atoms with Gasteiger partial charge in [-0.2, -0.15) is 0 Å². The first-order valence-corrected chi connectivity index (χ1v) is 7.60. The fraction of sp³-hybridized carbons (Fsp3) is 0.471. The number of nitrogens with zero attached hydrogens (tertiary/aromatic N) is 2. The lowest BCUT2D eigenvalue weighted by Gasteiger charge is -2.30. The number of fused-ring (bicyclic) bond motifs is 1. The molecule has 0 aliphatic heterocycles. The Bertz CT molecular complexity index is 587. The van der Waals surface area contributed by atoms with Crippen molar-refractivity contribution < 1.29 is 0 Å². The van der Waals surface area contributed by atoms with Crippen molar-refractivity contribution in [2.24, 2.45) is 5.73 Å². The molecule has 0 saturated heterocycles. The van der Waals surface area contributed by atoms with Crippen molar-refractivity contribution in [1.82, 2.24) is 9.55 Å². The number of aryl methyl sites for hydroxylation is 2. The molecule has 3 heteroatoms. The Labute approximate surface area is 120 Å². The van der Waals surface area contributed by atoms with Gasteiger partial charge in [0.1, 0.15) is 5.82 Å². The minimum absolute atomic E-state index is 0.272. The van der Waals surface area contributed by atoms with Crippen LogP contribution in [0.2, 0.25) is 0 Å². The van der Waals surface area contributed by atoms with E-state index in [1.54, 1.807) is 0 Å². The molecule has 1 heterocycles. The number of imidazole rings is 1. The van der Waals surface area contributed by atoms with Gasteiger partial charge in [0.05, 0.1) is 0 Å². The van der Waals surface area contributed by atoms with Crippen LogP contribution in [0.15, 0.2) is 36.7 Å². The summed E-state index contributed by atoms with van der Waals surface area (Å²) in [7, 11) is 0. The Morgan fingerprint density at radius 1 is 1.30 bits per heavy atom. The molecule has 1 aromatic heterocycles. The zero-order valence-electron chi connectivity index (χ0n) is 12.2. The Morgan fingerprint density at radius 3 is 3.00 bits per heavy atom. The Kier molecular flexibility index (Phi) is 3.62. The van der Waals surface area contributed by atoms with E-state index < -0.39 is 0 Å².